The van der Waals surface area contributed by atoms with E-state index in [0.717, 1.165) is 31.6 Å². The molecule has 1 amide bonds. The molecule has 1 N–H and O–H groups in total. The van der Waals surface area contributed by atoms with Crippen molar-refractivity contribution in [1.82, 2.24) is 10.2 Å². The molecule has 168 valence electrons. The summed E-state index contributed by atoms with van der Waals surface area (Å²) in [5.41, 5.74) is 0. The van der Waals surface area contributed by atoms with Crippen LogP contribution in [0.1, 0.15) is 46.5 Å². The van der Waals surface area contributed by atoms with Crippen LogP contribution in [0.5, 0.6) is 0 Å². The fourth-order valence-electron chi connectivity index (χ4n) is 3.13. The van der Waals surface area contributed by atoms with E-state index in [-0.39, 0.29) is 18.5 Å². The summed E-state index contributed by atoms with van der Waals surface area (Å²) in [5.74, 6) is 0.259. The van der Waals surface area contributed by atoms with E-state index in [9.17, 15) is 14.4 Å². The summed E-state index contributed by atoms with van der Waals surface area (Å²) in [5, 5.41) is 3.09. The summed E-state index contributed by atoms with van der Waals surface area (Å²) in [4.78, 5) is 38.6. The van der Waals surface area contributed by atoms with E-state index >= 15 is 0 Å². The molecule has 0 spiro atoms. The van der Waals surface area contributed by atoms with Crippen LogP contribution in [0.4, 0.5) is 0 Å². The van der Waals surface area contributed by atoms with Crippen molar-refractivity contribution >= 4 is 29.6 Å². The van der Waals surface area contributed by atoms with E-state index in [1.807, 2.05) is 0 Å². The molecular weight excluding hydrogens is 396 g/mol. The van der Waals surface area contributed by atoms with E-state index in [4.69, 9.17) is 14.2 Å². The van der Waals surface area contributed by atoms with Crippen LogP contribution >= 0.6 is 11.8 Å². The lowest BCUT2D eigenvalue weighted by Gasteiger charge is -2.28. The lowest BCUT2D eigenvalue weighted by Crippen LogP contribution is -2.54. The molecule has 1 aliphatic rings. The maximum atomic E-state index is 12.8. The van der Waals surface area contributed by atoms with Crippen molar-refractivity contribution in [1.29, 1.82) is 0 Å². The number of hydrogen-bond donors (Lipinski definition) is 1. The zero-order valence-corrected chi connectivity index (χ0v) is 18.9. The van der Waals surface area contributed by atoms with Gasteiger partial charge in [0.25, 0.3) is 0 Å². The Morgan fingerprint density at radius 1 is 1.24 bits per heavy atom. The highest BCUT2D eigenvalue weighted by molar-refractivity contribution is 7.99. The van der Waals surface area contributed by atoms with Gasteiger partial charge < -0.3 is 19.1 Å². The third kappa shape index (κ3) is 8.92. The summed E-state index contributed by atoms with van der Waals surface area (Å²) in [6.45, 7) is 7.75. The minimum absolute atomic E-state index is 0.208. The maximum Gasteiger partial charge on any atom is 0.328 e. The first-order valence-corrected chi connectivity index (χ1v) is 11.6. The molecule has 0 unspecified atom stereocenters. The second kappa shape index (κ2) is 14.6. The monoisotopic (exact) mass is 432 g/mol. The molecule has 9 heteroatoms. The molecule has 0 radical (unpaired) electrons. The Morgan fingerprint density at radius 3 is 2.66 bits per heavy atom. The number of nitrogens with one attached hydrogen (secondary N) is 1. The molecule has 0 bridgehead atoms. The van der Waals surface area contributed by atoms with Crippen molar-refractivity contribution in [2.24, 2.45) is 0 Å². The first-order valence-electron chi connectivity index (χ1n) is 10.4. The fraction of sp³-hybridized carbons (Fsp3) is 0.850. The zero-order valence-electron chi connectivity index (χ0n) is 18.1. The van der Waals surface area contributed by atoms with Crippen molar-refractivity contribution in [2.75, 3.05) is 45.0 Å². The molecule has 1 heterocycles. The zero-order chi connectivity index (χ0) is 21.6. The predicted molar refractivity (Wildman–Crippen MR) is 113 cm³/mol. The standard InChI is InChI=1S/C20H36N2O6S/c1-5-7-11-27-12-13-29-14-16(19(24)28-6-2)21-15(3)18(23)22-10-8-9-17(22)20(25)26-4/h15-17,21H,5-14H2,1-4H3/t15-,16-,17-/m0/s1. The minimum atomic E-state index is -0.615. The molecule has 29 heavy (non-hydrogen) atoms. The maximum absolute atomic E-state index is 12.8. The summed E-state index contributed by atoms with van der Waals surface area (Å²) in [6, 6.07) is -1.77. The van der Waals surface area contributed by atoms with Gasteiger partial charge in [-0.05, 0) is 33.1 Å². The molecule has 1 saturated heterocycles. The molecule has 0 aromatic rings. The van der Waals surface area contributed by atoms with Crippen molar-refractivity contribution in [3.8, 4) is 0 Å². The Bertz CT molecular complexity index is 519. The van der Waals surface area contributed by atoms with Gasteiger partial charge in [0.2, 0.25) is 5.91 Å². The van der Waals surface area contributed by atoms with Gasteiger partial charge in [0.1, 0.15) is 12.1 Å². The lowest BCUT2D eigenvalue weighted by molar-refractivity contribution is -0.152. The fourth-order valence-corrected chi connectivity index (χ4v) is 4.00. The van der Waals surface area contributed by atoms with Crippen LogP contribution in [0.25, 0.3) is 0 Å². The molecule has 0 aromatic carbocycles. The van der Waals surface area contributed by atoms with Crippen molar-refractivity contribution in [3.63, 3.8) is 0 Å². The average molecular weight is 433 g/mol. The van der Waals surface area contributed by atoms with Crippen LogP contribution in [0.15, 0.2) is 0 Å². The van der Waals surface area contributed by atoms with E-state index < -0.39 is 24.1 Å². The van der Waals surface area contributed by atoms with Crippen LogP contribution in [0.2, 0.25) is 0 Å². The van der Waals surface area contributed by atoms with Crippen LogP contribution in [-0.4, -0.2) is 85.9 Å². The van der Waals surface area contributed by atoms with Gasteiger partial charge in [-0.2, -0.15) is 11.8 Å². The van der Waals surface area contributed by atoms with Gasteiger partial charge in [0, 0.05) is 24.7 Å². The summed E-state index contributed by atoms with van der Waals surface area (Å²) < 4.78 is 15.5. The molecule has 3 atom stereocenters. The first-order chi connectivity index (χ1) is 14.0. The second-order valence-corrected chi connectivity index (χ2v) is 8.10. The highest BCUT2D eigenvalue weighted by Gasteiger charge is 2.37. The smallest absolute Gasteiger partial charge is 0.328 e. The Kier molecular flexibility index (Phi) is 13.0. The number of ether oxygens (including phenoxy) is 3. The number of likely N-dealkylation sites (tertiary alicyclic amines) is 1. The van der Waals surface area contributed by atoms with E-state index in [1.54, 1.807) is 30.5 Å². The van der Waals surface area contributed by atoms with Gasteiger partial charge in [0.05, 0.1) is 26.4 Å². The van der Waals surface area contributed by atoms with Gasteiger partial charge in [0.15, 0.2) is 0 Å². The second-order valence-electron chi connectivity index (χ2n) is 6.95. The van der Waals surface area contributed by atoms with E-state index in [2.05, 4.69) is 12.2 Å². The Hall–Kier alpha value is -1.32. The third-order valence-corrected chi connectivity index (χ3v) is 5.72. The van der Waals surface area contributed by atoms with Crippen LogP contribution < -0.4 is 5.32 Å². The summed E-state index contributed by atoms with van der Waals surface area (Å²) >= 11 is 1.58. The lowest BCUT2D eigenvalue weighted by atomic mass is 10.2. The number of carbonyl (C=O) groups excluding carboxylic acids is 3. The van der Waals surface area contributed by atoms with Crippen molar-refractivity contribution in [2.45, 2.75) is 64.6 Å². The normalized spacial score (nSPS) is 18.3. The summed E-state index contributed by atoms with van der Waals surface area (Å²) in [6.07, 6.45) is 3.50. The Labute approximate surface area is 178 Å². The topological polar surface area (TPSA) is 94.2 Å². The van der Waals surface area contributed by atoms with Gasteiger partial charge in [-0.15, -0.1) is 0 Å². The molecule has 8 nitrogen and oxygen atoms in total. The van der Waals surface area contributed by atoms with E-state index in [1.165, 1.54) is 7.11 Å². The number of esters is 2. The van der Waals surface area contributed by atoms with Crippen molar-refractivity contribution in [3.05, 3.63) is 0 Å². The molecule has 0 aliphatic carbocycles. The number of nitrogens with zero attached hydrogens (tertiary/aromatic N) is 1. The molecular formula is C20H36N2O6S. The van der Waals surface area contributed by atoms with Crippen LogP contribution in [-0.2, 0) is 28.6 Å². The summed E-state index contributed by atoms with van der Waals surface area (Å²) in [7, 11) is 1.32. The van der Waals surface area contributed by atoms with Crippen LogP contribution in [0.3, 0.4) is 0 Å². The quantitative estimate of drug-likeness (QED) is 0.327. The predicted octanol–water partition coefficient (Wildman–Crippen LogP) is 1.61. The number of unbranched alkanes of at least 4 members (excludes halogenated alkanes) is 1. The molecule has 1 aliphatic heterocycles. The number of methoxy groups -OCH3 is 1. The number of amides is 1. The SMILES string of the molecule is CCCCOCCSC[C@H](N[C@@H](C)C(=O)N1CCC[C@H]1C(=O)OC)C(=O)OCC. The van der Waals surface area contributed by atoms with E-state index in [0.29, 0.717) is 25.3 Å². The molecule has 1 fully saturated rings. The Morgan fingerprint density at radius 2 is 2.00 bits per heavy atom. The number of thioether (sulfide) groups is 1. The van der Waals surface area contributed by atoms with Gasteiger partial charge in [-0.3, -0.25) is 14.9 Å². The Balaban J connectivity index is 2.56. The van der Waals surface area contributed by atoms with Gasteiger partial charge in [-0.25, -0.2) is 4.79 Å². The average Bonchev–Trinajstić information content (AvgIpc) is 3.20. The van der Waals surface area contributed by atoms with Gasteiger partial charge >= 0.3 is 11.9 Å². The first kappa shape index (κ1) is 25.7. The molecule has 0 aromatic heterocycles. The number of carbonyl (C=O) groups is 3. The third-order valence-electron chi connectivity index (χ3n) is 4.70. The van der Waals surface area contributed by atoms with Gasteiger partial charge in [-0.1, -0.05) is 13.3 Å². The molecule has 1 rings (SSSR count). The highest BCUT2D eigenvalue weighted by atomic mass is 32.2. The largest absolute Gasteiger partial charge is 0.467 e. The number of rotatable bonds is 14. The number of hydrogen-bond acceptors (Lipinski definition) is 8. The molecule has 0 saturated carbocycles. The van der Waals surface area contributed by atoms with Crippen molar-refractivity contribution < 1.29 is 28.6 Å². The minimum Gasteiger partial charge on any atom is -0.467 e. The highest BCUT2D eigenvalue weighted by Crippen LogP contribution is 2.19. The van der Waals surface area contributed by atoms with Crippen LogP contribution in [0, 0.1) is 0 Å².